The van der Waals surface area contributed by atoms with Gasteiger partial charge in [0.05, 0.1) is 5.56 Å². The van der Waals surface area contributed by atoms with Crippen LogP contribution in [0.5, 0.6) is 0 Å². The molecule has 0 aliphatic heterocycles. The predicted octanol–water partition coefficient (Wildman–Crippen LogP) is 5.22. The summed E-state index contributed by atoms with van der Waals surface area (Å²) < 4.78 is 0.941. The number of rotatable bonds is 5. The van der Waals surface area contributed by atoms with E-state index in [0.29, 0.717) is 16.9 Å². The molecule has 0 atom stereocenters. The summed E-state index contributed by atoms with van der Waals surface area (Å²) in [6, 6.07) is 12.6. The van der Waals surface area contributed by atoms with Crippen molar-refractivity contribution in [3.63, 3.8) is 0 Å². The molecule has 1 fully saturated rings. The Bertz CT molecular complexity index is 862. The van der Waals surface area contributed by atoms with Crippen molar-refractivity contribution >= 4 is 44.9 Å². The smallest absolute Gasteiger partial charge is 0.323 e. The molecule has 3 amide bonds. The minimum absolute atomic E-state index is 0.0995. The van der Waals surface area contributed by atoms with Crippen LogP contribution in [0, 0.1) is 0 Å². The van der Waals surface area contributed by atoms with Crippen LogP contribution in [0.4, 0.5) is 21.9 Å². The lowest BCUT2D eigenvalue weighted by atomic mass is 9.95. The number of nitrogens with zero attached hydrogens (tertiary/aromatic N) is 1. The van der Waals surface area contributed by atoms with E-state index >= 15 is 0 Å². The fraction of sp³-hybridized carbons (Fsp3) is 0.364. The summed E-state index contributed by atoms with van der Waals surface area (Å²) >= 11 is 3.37. The summed E-state index contributed by atoms with van der Waals surface area (Å²) in [4.78, 5) is 27.2. The number of halogens is 1. The molecule has 0 unspecified atom stereocenters. The standard InChI is InChI=1S/C22H27BrN4O2/c1-27(2)20-13-12-18(26-22(29)25-17-10-8-15(23)9-11-17)14-19(20)21(28)24-16-6-4-3-5-7-16/h8-14,16H,3-7H2,1-2H3,(H,24,28)(H2,25,26,29). The summed E-state index contributed by atoms with van der Waals surface area (Å²) in [6.07, 6.45) is 5.60. The van der Waals surface area contributed by atoms with Gasteiger partial charge in [-0.1, -0.05) is 35.2 Å². The first-order chi connectivity index (χ1) is 13.9. The van der Waals surface area contributed by atoms with E-state index in [1.54, 1.807) is 12.1 Å². The lowest BCUT2D eigenvalue weighted by molar-refractivity contribution is 0.0928. The van der Waals surface area contributed by atoms with E-state index in [1.807, 2.05) is 49.3 Å². The van der Waals surface area contributed by atoms with Gasteiger partial charge in [0.2, 0.25) is 0 Å². The molecule has 1 saturated carbocycles. The number of hydrogen-bond acceptors (Lipinski definition) is 3. The largest absolute Gasteiger partial charge is 0.377 e. The second-order valence-corrected chi connectivity index (χ2v) is 8.44. The van der Waals surface area contributed by atoms with E-state index < -0.39 is 0 Å². The average molecular weight is 459 g/mol. The Balaban J connectivity index is 1.72. The number of carbonyl (C=O) groups is 2. The fourth-order valence-corrected chi connectivity index (χ4v) is 3.79. The topological polar surface area (TPSA) is 73.5 Å². The first-order valence-electron chi connectivity index (χ1n) is 9.88. The summed E-state index contributed by atoms with van der Waals surface area (Å²) in [5.74, 6) is -0.0995. The van der Waals surface area contributed by atoms with Crippen molar-refractivity contribution in [1.82, 2.24) is 5.32 Å². The van der Waals surface area contributed by atoms with Crippen molar-refractivity contribution in [1.29, 1.82) is 0 Å². The number of nitrogens with one attached hydrogen (secondary N) is 3. The number of benzene rings is 2. The maximum atomic E-state index is 12.9. The predicted molar refractivity (Wildman–Crippen MR) is 122 cm³/mol. The molecule has 1 aliphatic carbocycles. The van der Waals surface area contributed by atoms with Crippen LogP contribution in [0.15, 0.2) is 46.9 Å². The third kappa shape index (κ3) is 5.97. The van der Waals surface area contributed by atoms with Gasteiger partial charge in [0.25, 0.3) is 5.91 Å². The molecule has 154 valence electrons. The van der Waals surface area contributed by atoms with Crippen LogP contribution in [0.1, 0.15) is 42.5 Å². The molecule has 29 heavy (non-hydrogen) atoms. The summed E-state index contributed by atoms with van der Waals surface area (Å²) in [7, 11) is 3.81. The quantitative estimate of drug-likeness (QED) is 0.574. The van der Waals surface area contributed by atoms with Gasteiger partial charge in [-0.3, -0.25) is 4.79 Å². The van der Waals surface area contributed by atoms with Gasteiger partial charge in [0.1, 0.15) is 0 Å². The van der Waals surface area contributed by atoms with Gasteiger partial charge in [-0.05, 0) is 55.3 Å². The molecule has 2 aromatic carbocycles. The van der Waals surface area contributed by atoms with Crippen LogP contribution in [0.3, 0.4) is 0 Å². The highest BCUT2D eigenvalue weighted by molar-refractivity contribution is 9.10. The molecule has 0 spiro atoms. The normalized spacial score (nSPS) is 14.2. The lowest BCUT2D eigenvalue weighted by Gasteiger charge is -2.24. The van der Waals surface area contributed by atoms with Crippen LogP contribution >= 0.6 is 15.9 Å². The molecule has 6 nitrogen and oxygen atoms in total. The van der Waals surface area contributed by atoms with Gasteiger partial charge in [0, 0.05) is 41.7 Å². The molecule has 3 rings (SSSR count). The van der Waals surface area contributed by atoms with E-state index in [1.165, 1.54) is 6.42 Å². The average Bonchev–Trinajstić information content (AvgIpc) is 2.70. The molecular weight excluding hydrogens is 432 g/mol. The maximum absolute atomic E-state index is 12.9. The number of amides is 3. The van der Waals surface area contributed by atoms with E-state index in [9.17, 15) is 9.59 Å². The van der Waals surface area contributed by atoms with Gasteiger partial charge in [0.15, 0.2) is 0 Å². The first kappa shape index (κ1) is 21.2. The zero-order chi connectivity index (χ0) is 20.8. The van der Waals surface area contributed by atoms with Crippen molar-refractivity contribution in [3.05, 3.63) is 52.5 Å². The molecule has 7 heteroatoms. The third-order valence-corrected chi connectivity index (χ3v) is 5.55. The van der Waals surface area contributed by atoms with Gasteiger partial charge in [-0.25, -0.2) is 4.79 Å². The minimum atomic E-state index is -0.358. The second kappa shape index (κ2) is 9.78. The van der Waals surface area contributed by atoms with Crippen LogP contribution in [0.2, 0.25) is 0 Å². The van der Waals surface area contributed by atoms with Crippen molar-refractivity contribution < 1.29 is 9.59 Å². The van der Waals surface area contributed by atoms with E-state index in [-0.39, 0.29) is 18.0 Å². The Labute approximate surface area is 180 Å². The first-order valence-corrected chi connectivity index (χ1v) is 10.7. The number of hydrogen-bond donors (Lipinski definition) is 3. The number of anilines is 3. The molecule has 3 N–H and O–H groups in total. The molecular formula is C22H27BrN4O2. The Morgan fingerprint density at radius 3 is 2.21 bits per heavy atom. The van der Waals surface area contributed by atoms with Crippen LogP contribution < -0.4 is 20.9 Å². The van der Waals surface area contributed by atoms with Crippen molar-refractivity contribution in [2.45, 2.75) is 38.1 Å². The molecule has 0 bridgehead atoms. The summed E-state index contributed by atoms with van der Waals surface area (Å²) in [5.41, 5.74) is 2.63. The van der Waals surface area contributed by atoms with E-state index in [2.05, 4.69) is 31.9 Å². The summed E-state index contributed by atoms with van der Waals surface area (Å²) in [6.45, 7) is 0. The number of carbonyl (C=O) groups excluding carboxylic acids is 2. The van der Waals surface area contributed by atoms with Gasteiger partial charge in [-0.2, -0.15) is 0 Å². The highest BCUT2D eigenvalue weighted by Gasteiger charge is 2.20. The van der Waals surface area contributed by atoms with Crippen LogP contribution in [-0.4, -0.2) is 32.1 Å². The SMILES string of the molecule is CN(C)c1ccc(NC(=O)Nc2ccc(Br)cc2)cc1C(=O)NC1CCCCC1. The van der Waals surface area contributed by atoms with E-state index in [0.717, 1.165) is 35.8 Å². The highest BCUT2D eigenvalue weighted by Crippen LogP contribution is 2.25. The highest BCUT2D eigenvalue weighted by atomic mass is 79.9. The van der Waals surface area contributed by atoms with Crippen molar-refractivity contribution in [2.75, 3.05) is 29.6 Å². The van der Waals surface area contributed by atoms with E-state index in [4.69, 9.17) is 0 Å². The lowest BCUT2D eigenvalue weighted by Crippen LogP contribution is -2.36. The molecule has 1 aliphatic rings. The van der Waals surface area contributed by atoms with Crippen molar-refractivity contribution in [2.24, 2.45) is 0 Å². The molecule has 2 aromatic rings. The minimum Gasteiger partial charge on any atom is -0.377 e. The Morgan fingerprint density at radius 2 is 1.55 bits per heavy atom. The summed E-state index contributed by atoms with van der Waals surface area (Å²) in [5, 5.41) is 8.76. The van der Waals surface area contributed by atoms with Gasteiger partial charge < -0.3 is 20.9 Å². The molecule has 0 heterocycles. The Kier molecular flexibility index (Phi) is 7.14. The maximum Gasteiger partial charge on any atom is 0.323 e. The van der Waals surface area contributed by atoms with Gasteiger partial charge in [-0.15, -0.1) is 0 Å². The molecule has 0 aromatic heterocycles. The molecule has 0 radical (unpaired) electrons. The number of urea groups is 1. The van der Waals surface area contributed by atoms with Crippen LogP contribution in [-0.2, 0) is 0 Å². The Morgan fingerprint density at radius 1 is 0.931 bits per heavy atom. The Hall–Kier alpha value is -2.54. The zero-order valence-corrected chi connectivity index (χ0v) is 18.4. The second-order valence-electron chi connectivity index (χ2n) is 7.52. The third-order valence-electron chi connectivity index (χ3n) is 5.02. The van der Waals surface area contributed by atoms with Gasteiger partial charge >= 0.3 is 6.03 Å². The fourth-order valence-electron chi connectivity index (χ4n) is 3.52. The monoisotopic (exact) mass is 458 g/mol. The zero-order valence-electron chi connectivity index (χ0n) is 16.8. The van der Waals surface area contributed by atoms with Crippen LogP contribution in [0.25, 0.3) is 0 Å². The van der Waals surface area contributed by atoms with Crippen molar-refractivity contribution in [3.8, 4) is 0 Å². The molecule has 0 saturated heterocycles.